The lowest BCUT2D eigenvalue weighted by atomic mass is 10.3. The summed E-state index contributed by atoms with van der Waals surface area (Å²) in [6.07, 6.45) is 1.96. The van der Waals surface area contributed by atoms with Crippen molar-refractivity contribution in [3.8, 4) is 6.07 Å². The molecule has 0 spiro atoms. The average Bonchev–Trinajstić information content (AvgIpc) is 2.71. The first kappa shape index (κ1) is 7.73. The molecule has 1 aliphatic heterocycles. The first-order valence-corrected chi connectivity index (χ1v) is 3.79. The lowest BCUT2D eigenvalue weighted by Gasteiger charge is -2.02. The summed E-state index contributed by atoms with van der Waals surface area (Å²) < 4.78 is 6.12. The first-order valence-electron chi connectivity index (χ1n) is 3.79. The Morgan fingerprint density at radius 2 is 2.62 bits per heavy atom. The highest BCUT2D eigenvalue weighted by atomic mass is 16.5. The SMILES string of the molecule is N#Cc1ncn(C2CCOC2=O)n1. The Morgan fingerprint density at radius 1 is 1.77 bits per heavy atom. The molecule has 0 aromatic carbocycles. The standard InChI is InChI=1S/C7H6N4O2/c8-3-6-9-4-11(10-6)5-1-2-13-7(5)12/h4-5H,1-2H2. The van der Waals surface area contributed by atoms with Gasteiger partial charge in [-0.2, -0.15) is 5.26 Å². The number of rotatable bonds is 1. The van der Waals surface area contributed by atoms with Crippen molar-refractivity contribution in [1.82, 2.24) is 14.8 Å². The molecule has 6 heteroatoms. The molecule has 1 aromatic rings. The molecule has 1 aromatic heterocycles. The largest absolute Gasteiger partial charge is 0.464 e. The number of carbonyl (C=O) groups is 1. The zero-order chi connectivity index (χ0) is 9.26. The van der Waals surface area contributed by atoms with E-state index < -0.39 is 6.04 Å². The Morgan fingerprint density at radius 3 is 3.15 bits per heavy atom. The van der Waals surface area contributed by atoms with Crippen LogP contribution in [0.3, 0.4) is 0 Å². The van der Waals surface area contributed by atoms with Crippen LogP contribution in [0, 0.1) is 11.3 Å². The van der Waals surface area contributed by atoms with Crippen LogP contribution in [-0.4, -0.2) is 27.3 Å². The minimum atomic E-state index is -0.408. The second-order valence-corrected chi connectivity index (χ2v) is 2.63. The van der Waals surface area contributed by atoms with Crippen LogP contribution in [0.4, 0.5) is 0 Å². The minimum Gasteiger partial charge on any atom is -0.464 e. The van der Waals surface area contributed by atoms with Crippen molar-refractivity contribution >= 4 is 5.97 Å². The van der Waals surface area contributed by atoms with E-state index in [1.807, 2.05) is 0 Å². The summed E-state index contributed by atoms with van der Waals surface area (Å²) in [5.41, 5.74) is 0. The van der Waals surface area contributed by atoms with E-state index in [1.54, 1.807) is 6.07 Å². The van der Waals surface area contributed by atoms with Gasteiger partial charge in [0.1, 0.15) is 12.4 Å². The van der Waals surface area contributed by atoms with E-state index in [1.165, 1.54) is 11.0 Å². The van der Waals surface area contributed by atoms with Gasteiger partial charge in [0.05, 0.1) is 6.61 Å². The number of nitriles is 1. The van der Waals surface area contributed by atoms with Gasteiger partial charge < -0.3 is 4.74 Å². The van der Waals surface area contributed by atoms with Gasteiger partial charge in [0, 0.05) is 6.42 Å². The van der Waals surface area contributed by atoms with Gasteiger partial charge in [-0.1, -0.05) is 0 Å². The van der Waals surface area contributed by atoms with Crippen LogP contribution in [0.1, 0.15) is 18.3 Å². The predicted molar refractivity (Wildman–Crippen MR) is 39.4 cm³/mol. The maximum Gasteiger partial charge on any atom is 0.331 e. The van der Waals surface area contributed by atoms with Crippen molar-refractivity contribution in [1.29, 1.82) is 5.26 Å². The Kier molecular flexibility index (Phi) is 1.70. The lowest BCUT2D eigenvalue weighted by Crippen LogP contribution is -2.14. The molecule has 0 radical (unpaired) electrons. The highest BCUT2D eigenvalue weighted by molar-refractivity contribution is 5.75. The third-order valence-electron chi connectivity index (χ3n) is 1.84. The topological polar surface area (TPSA) is 80.8 Å². The lowest BCUT2D eigenvalue weighted by molar-refractivity contribution is -0.140. The zero-order valence-electron chi connectivity index (χ0n) is 6.67. The van der Waals surface area contributed by atoms with Crippen molar-refractivity contribution in [2.75, 3.05) is 6.61 Å². The quantitative estimate of drug-likeness (QED) is 0.548. The summed E-state index contributed by atoms with van der Waals surface area (Å²) in [6, 6.07) is 1.38. The molecule has 0 amide bonds. The predicted octanol–water partition coefficient (Wildman–Crippen LogP) is -0.362. The smallest absolute Gasteiger partial charge is 0.331 e. The number of aromatic nitrogens is 3. The summed E-state index contributed by atoms with van der Waals surface area (Å²) in [7, 11) is 0. The van der Waals surface area contributed by atoms with Gasteiger partial charge in [-0.3, -0.25) is 0 Å². The van der Waals surface area contributed by atoms with Crippen LogP contribution < -0.4 is 0 Å². The highest BCUT2D eigenvalue weighted by Crippen LogP contribution is 2.18. The third-order valence-corrected chi connectivity index (χ3v) is 1.84. The normalized spacial score (nSPS) is 21.2. The van der Waals surface area contributed by atoms with Gasteiger partial charge in [0.25, 0.3) is 5.82 Å². The molecular weight excluding hydrogens is 172 g/mol. The molecule has 2 rings (SSSR count). The second-order valence-electron chi connectivity index (χ2n) is 2.63. The van der Waals surface area contributed by atoms with Crippen molar-refractivity contribution in [2.45, 2.75) is 12.5 Å². The number of ether oxygens (including phenoxy) is 1. The van der Waals surface area contributed by atoms with E-state index in [0.29, 0.717) is 13.0 Å². The number of carbonyl (C=O) groups excluding carboxylic acids is 1. The van der Waals surface area contributed by atoms with Gasteiger partial charge in [0.2, 0.25) is 0 Å². The van der Waals surface area contributed by atoms with Gasteiger partial charge in [-0.25, -0.2) is 14.5 Å². The summed E-state index contributed by atoms with van der Waals surface area (Å²) >= 11 is 0. The fourth-order valence-corrected chi connectivity index (χ4v) is 1.20. The molecule has 1 fully saturated rings. The number of cyclic esters (lactones) is 1. The second kappa shape index (κ2) is 2.86. The van der Waals surface area contributed by atoms with E-state index in [9.17, 15) is 4.79 Å². The van der Waals surface area contributed by atoms with Crippen LogP contribution >= 0.6 is 0 Å². The van der Waals surface area contributed by atoms with Crippen LogP contribution in [0.25, 0.3) is 0 Å². The molecule has 66 valence electrons. The molecule has 13 heavy (non-hydrogen) atoms. The summed E-state index contributed by atoms with van der Waals surface area (Å²) in [5, 5.41) is 12.3. The van der Waals surface area contributed by atoms with Crippen LogP contribution in [-0.2, 0) is 9.53 Å². The maximum atomic E-state index is 11.1. The molecule has 0 N–H and O–H groups in total. The fraction of sp³-hybridized carbons (Fsp3) is 0.429. The molecule has 0 saturated carbocycles. The first-order chi connectivity index (χ1) is 6.31. The Balaban J connectivity index is 2.26. The third kappa shape index (κ3) is 1.24. The Hall–Kier alpha value is -1.90. The van der Waals surface area contributed by atoms with E-state index in [4.69, 9.17) is 10.00 Å². The average molecular weight is 178 g/mol. The molecule has 1 unspecified atom stereocenters. The number of hydrogen-bond acceptors (Lipinski definition) is 5. The summed E-state index contributed by atoms with van der Waals surface area (Å²) in [5.74, 6) is -0.242. The van der Waals surface area contributed by atoms with E-state index in [0.717, 1.165) is 0 Å². The van der Waals surface area contributed by atoms with Crippen molar-refractivity contribution in [2.24, 2.45) is 0 Å². The Bertz CT molecular complexity index is 378. The number of nitrogens with zero attached hydrogens (tertiary/aromatic N) is 4. The number of hydrogen-bond donors (Lipinski definition) is 0. The van der Waals surface area contributed by atoms with E-state index in [-0.39, 0.29) is 11.8 Å². The van der Waals surface area contributed by atoms with Crippen LogP contribution in [0.5, 0.6) is 0 Å². The van der Waals surface area contributed by atoms with E-state index in [2.05, 4.69) is 10.1 Å². The van der Waals surface area contributed by atoms with Gasteiger partial charge in [0.15, 0.2) is 6.04 Å². The summed E-state index contributed by atoms with van der Waals surface area (Å²) in [4.78, 5) is 14.8. The van der Waals surface area contributed by atoms with Crippen molar-refractivity contribution in [3.05, 3.63) is 12.2 Å². The molecule has 6 nitrogen and oxygen atoms in total. The molecule has 1 saturated heterocycles. The van der Waals surface area contributed by atoms with Gasteiger partial charge in [-0.05, 0) is 0 Å². The molecule has 1 atom stereocenters. The monoisotopic (exact) mass is 178 g/mol. The van der Waals surface area contributed by atoms with Crippen LogP contribution in [0.15, 0.2) is 6.33 Å². The fourth-order valence-electron chi connectivity index (χ4n) is 1.20. The van der Waals surface area contributed by atoms with Gasteiger partial charge in [-0.15, -0.1) is 5.10 Å². The minimum absolute atomic E-state index is 0.0692. The highest BCUT2D eigenvalue weighted by Gasteiger charge is 2.29. The molecule has 0 bridgehead atoms. The maximum absolute atomic E-state index is 11.1. The van der Waals surface area contributed by atoms with Crippen LogP contribution in [0.2, 0.25) is 0 Å². The zero-order valence-corrected chi connectivity index (χ0v) is 6.67. The van der Waals surface area contributed by atoms with Crippen molar-refractivity contribution in [3.63, 3.8) is 0 Å². The van der Waals surface area contributed by atoms with Crippen molar-refractivity contribution < 1.29 is 9.53 Å². The molecule has 1 aliphatic rings. The molecule has 0 aliphatic carbocycles. The van der Waals surface area contributed by atoms with Gasteiger partial charge >= 0.3 is 5.97 Å². The number of esters is 1. The molecular formula is C7H6N4O2. The molecule has 2 heterocycles. The summed E-state index contributed by atoms with van der Waals surface area (Å²) in [6.45, 7) is 0.408. The Labute approximate surface area is 73.7 Å². The van der Waals surface area contributed by atoms with E-state index >= 15 is 0 Å².